The van der Waals surface area contributed by atoms with Gasteiger partial charge in [0.1, 0.15) is 6.73 Å². The predicted molar refractivity (Wildman–Crippen MR) is 67.2 cm³/mol. The average Bonchev–Trinajstić information content (AvgIpc) is 2.92. The summed E-state index contributed by atoms with van der Waals surface area (Å²) < 4.78 is 5.37. The second kappa shape index (κ2) is 3.81. The number of aromatic amines is 1. The molecule has 1 aromatic carbocycles. The SMILES string of the molecule is CC1(C)COCN1C(=O)c1ccc2nc[nH]c2c1. The van der Waals surface area contributed by atoms with Crippen LogP contribution in [0.3, 0.4) is 0 Å². The summed E-state index contributed by atoms with van der Waals surface area (Å²) in [7, 11) is 0. The number of fused-ring (bicyclic) bond motifs is 1. The summed E-state index contributed by atoms with van der Waals surface area (Å²) in [6, 6.07) is 5.49. The standard InChI is InChI=1S/C13H15N3O2/c1-13(2)6-18-8-16(13)12(17)9-3-4-10-11(5-9)15-7-14-10/h3-5,7H,6,8H2,1-2H3,(H,14,15). The van der Waals surface area contributed by atoms with Gasteiger partial charge in [-0.15, -0.1) is 0 Å². The molecule has 0 spiro atoms. The fourth-order valence-electron chi connectivity index (χ4n) is 2.20. The molecule has 0 aliphatic carbocycles. The topological polar surface area (TPSA) is 58.2 Å². The molecule has 2 aromatic rings. The maximum atomic E-state index is 12.4. The minimum atomic E-state index is -0.250. The van der Waals surface area contributed by atoms with E-state index in [1.165, 1.54) is 0 Å². The van der Waals surface area contributed by atoms with Gasteiger partial charge in [0.2, 0.25) is 0 Å². The second-order valence-electron chi connectivity index (χ2n) is 5.16. The summed E-state index contributed by atoms with van der Waals surface area (Å²) in [6.45, 7) is 4.94. The van der Waals surface area contributed by atoms with Gasteiger partial charge in [-0.3, -0.25) is 4.79 Å². The smallest absolute Gasteiger partial charge is 0.256 e. The van der Waals surface area contributed by atoms with Crippen molar-refractivity contribution in [3.8, 4) is 0 Å². The lowest BCUT2D eigenvalue weighted by Crippen LogP contribution is -2.44. The van der Waals surface area contributed by atoms with E-state index in [0.29, 0.717) is 18.9 Å². The highest BCUT2D eigenvalue weighted by molar-refractivity contribution is 5.97. The van der Waals surface area contributed by atoms with Gasteiger partial charge in [0, 0.05) is 5.56 Å². The van der Waals surface area contributed by atoms with Crippen LogP contribution in [0.15, 0.2) is 24.5 Å². The first-order valence-electron chi connectivity index (χ1n) is 5.91. The third kappa shape index (κ3) is 1.67. The number of hydrogen-bond donors (Lipinski definition) is 1. The van der Waals surface area contributed by atoms with E-state index in [1.807, 2.05) is 26.0 Å². The zero-order chi connectivity index (χ0) is 12.8. The third-order valence-corrected chi connectivity index (χ3v) is 3.32. The molecular formula is C13H15N3O2. The Labute approximate surface area is 105 Å². The van der Waals surface area contributed by atoms with Crippen molar-refractivity contribution in [2.24, 2.45) is 0 Å². The molecule has 0 unspecified atom stereocenters. The molecule has 2 heterocycles. The van der Waals surface area contributed by atoms with E-state index in [4.69, 9.17) is 4.74 Å². The molecular weight excluding hydrogens is 230 g/mol. The van der Waals surface area contributed by atoms with Crippen molar-refractivity contribution in [3.05, 3.63) is 30.1 Å². The van der Waals surface area contributed by atoms with Crippen LogP contribution in [0.25, 0.3) is 11.0 Å². The van der Waals surface area contributed by atoms with Crippen LogP contribution in [0.5, 0.6) is 0 Å². The predicted octanol–water partition coefficient (Wildman–Crippen LogP) is 1.77. The molecule has 1 aliphatic heterocycles. The van der Waals surface area contributed by atoms with Gasteiger partial charge >= 0.3 is 0 Å². The lowest BCUT2D eigenvalue weighted by Gasteiger charge is -2.29. The van der Waals surface area contributed by atoms with Crippen molar-refractivity contribution in [2.45, 2.75) is 19.4 Å². The number of rotatable bonds is 1. The van der Waals surface area contributed by atoms with Crippen molar-refractivity contribution in [1.82, 2.24) is 14.9 Å². The molecule has 3 rings (SSSR count). The number of nitrogens with zero attached hydrogens (tertiary/aromatic N) is 2. The molecule has 1 N–H and O–H groups in total. The van der Waals surface area contributed by atoms with E-state index in [-0.39, 0.29) is 11.4 Å². The molecule has 1 aromatic heterocycles. The zero-order valence-electron chi connectivity index (χ0n) is 10.4. The number of benzene rings is 1. The van der Waals surface area contributed by atoms with Crippen molar-refractivity contribution in [1.29, 1.82) is 0 Å². The Kier molecular flexibility index (Phi) is 2.38. The summed E-state index contributed by atoms with van der Waals surface area (Å²) in [5.74, 6) is -0.00556. The Morgan fingerprint density at radius 1 is 1.50 bits per heavy atom. The number of ether oxygens (including phenoxy) is 1. The van der Waals surface area contributed by atoms with Gasteiger partial charge in [0.15, 0.2) is 0 Å². The summed E-state index contributed by atoms with van der Waals surface area (Å²) in [5.41, 5.74) is 2.15. The first kappa shape index (κ1) is 11.2. The highest BCUT2D eigenvalue weighted by Gasteiger charge is 2.36. The Bertz CT molecular complexity index is 603. The number of nitrogens with one attached hydrogen (secondary N) is 1. The van der Waals surface area contributed by atoms with Crippen molar-refractivity contribution in [2.75, 3.05) is 13.3 Å². The first-order chi connectivity index (χ1) is 8.58. The molecule has 0 bridgehead atoms. The summed E-state index contributed by atoms with van der Waals surface area (Å²) in [4.78, 5) is 21.3. The monoisotopic (exact) mass is 245 g/mol. The lowest BCUT2D eigenvalue weighted by atomic mass is 10.0. The minimum Gasteiger partial charge on any atom is -0.359 e. The Balaban J connectivity index is 1.96. The molecule has 0 atom stereocenters. The van der Waals surface area contributed by atoms with E-state index >= 15 is 0 Å². The molecule has 5 heteroatoms. The van der Waals surface area contributed by atoms with Crippen LogP contribution in [0.2, 0.25) is 0 Å². The summed E-state index contributed by atoms with van der Waals surface area (Å²) in [6.07, 6.45) is 1.63. The first-order valence-corrected chi connectivity index (χ1v) is 5.91. The maximum Gasteiger partial charge on any atom is 0.256 e. The molecule has 1 fully saturated rings. The summed E-state index contributed by atoms with van der Waals surface area (Å²) >= 11 is 0. The number of hydrogen-bond acceptors (Lipinski definition) is 3. The van der Waals surface area contributed by atoms with E-state index in [9.17, 15) is 4.79 Å². The number of imidazole rings is 1. The minimum absolute atomic E-state index is 0.00556. The fraction of sp³-hybridized carbons (Fsp3) is 0.385. The summed E-state index contributed by atoms with van der Waals surface area (Å²) in [5, 5.41) is 0. The van der Waals surface area contributed by atoms with Crippen molar-refractivity contribution in [3.63, 3.8) is 0 Å². The highest BCUT2D eigenvalue weighted by atomic mass is 16.5. The normalized spacial score (nSPS) is 18.4. The highest BCUT2D eigenvalue weighted by Crippen LogP contribution is 2.24. The maximum absolute atomic E-state index is 12.4. The van der Waals surface area contributed by atoms with Crippen LogP contribution in [0.1, 0.15) is 24.2 Å². The largest absolute Gasteiger partial charge is 0.359 e. The molecule has 18 heavy (non-hydrogen) atoms. The molecule has 5 nitrogen and oxygen atoms in total. The van der Waals surface area contributed by atoms with Crippen molar-refractivity contribution >= 4 is 16.9 Å². The average molecular weight is 245 g/mol. The molecule has 0 radical (unpaired) electrons. The number of amides is 1. The molecule has 1 saturated heterocycles. The van der Waals surface area contributed by atoms with Gasteiger partial charge in [0.05, 0.1) is 29.5 Å². The van der Waals surface area contributed by atoms with E-state index < -0.39 is 0 Å². The second-order valence-corrected chi connectivity index (χ2v) is 5.16. The number of H-pyrrole nitrogens is 1. The van der Waals surface area contributed by atoms with Crippen LogP contribution < -0.4 is 0 Å². The van der Waals surface area contributed by atoms with Crippen LogP contribution >= 0.6 is 0 Å². The van der Waals surface area contributed by atoms with Gasteiger partial charge in [-0.05, 0) is 32.0 Å². The fourth-order valence-corrected chi connectivity index (χ4v) is 2.20. The van der Waals surface area contributed by atoms with Gasteiger partial charge in [-0.2, -0.15) is 0 Å². The van der Waals surface area contributed by atoms with E-state index in [0.717, 1.165) is 11.0 Å². The lowest BCUT2D eigenvalue weighted by molar-refractivity contribution is 0.0605. The number of carbonyl (C=O) groups excluding carboxylic acids is 1. The van der Waals surface area contributed by atoms with Crippen LogP contribution in [0.4, 0.5) is 0 Å². The van der Waals surface area contributed by atoms with Gasteiger partial charge < -0.3 is 14.6 Å². The zero-order valence-corrected chi connectivity index (χ0v) is 10.4. The van der Waals surface area contributed by atoms with E-state index in [1.54, 1.807) is 17.3 Å². The number of carbonyl (C=O) groups is 1. The molecule has 1 aliphatic rings. The quantitative estimate of drug-likeness (QED) is 0.833. The Morgan fingerprint density at radius 2 is 2.33 bits per heavy atom. The molecule has 94 valence electrons. The Hall–Kier alpha value is -1.88. The Morgan fingerprint density at radius 3 is 3.06 bits per heavy atom. The number of aromatic nitrogens is 2. The van der Waals surface area contributed by atoms with Gasteiger partial charge in [0.25, 0.3) is 5.91 Å². The van der Waals surface area contributed by atoms with Crippen LogP contribution in [-0.2, 0) is 4.74 Å². The van der Waals surface area contributed by atoms with Crippen LogP contribution in [0, 0.1) is 0 Å². The molecule has 0 saturated carbocycles. The van der Waals surface area contributed by atoms with Gasteiger partial charge in [-0.1, -0.05) is 0 Å². The third-order valence-electron chi connectivity index (χ3n) is 3.32. The van der Waals surface area contributed by atoms with Gasteiger partial charge in [-0.25, -0.2) is 4.98 Å². The van der Waals surface area contributed by atoms with Crippen molar-refractivity contribution < 1.29 is 9.53 Å². The van der Waals surface area contributed by atoms with Crippen LogP contribution in [-0.4, -0.2) is 39.7 Å². The molecule has 1 amide bonds. The van der Waals surface area contributed by atoms with E-state index in [2.05, 4.69) is 9.97 Å².